The zero-order chi connectivity index (χ0) is 96.5. The molecule has 0 radical (unpaired) electrons. The highest BCUT2D eigenvalue weighted by Gasteiger charge is 2.68. The number of rotatable bonds is 29. The molecule has 8 heterocycles. The molecule has 3 aliphatic heterocycles. The minimum absolute atomic E-state index is 0.0371. The number of benzene rings is 1. The van der Waals surface area contributed by atoms with E-state index in [1.54, 1.807) is 57.7 Å². The predicted molar refractivity (Wildman–Crippen MR) is 494 cm³/mol. The van der Waals surface area contributed by atoms with Crippen molar-refractivity contribution in [2.45, 2.75) is 350 Å². The van der Waals surface area contributed by atoms with E-state index in [0.29, 0.717) is 128 Å². The number of H-pyrrole nitrogens is 1. The van der Waals surface area contributed by atoms with Crippen LogP contribution >= 0.6 is 34.4 Å². The molecule has 1 amide bonds. The number of ketones is 1. The maximum Gasteiger partial charge on any atom is 0.461 e. The van der Waals surface area contributed by atoms with Gasteiger partial charge in [0.2, 0.25) is 0 Å². The van der Waals surface area contributed by atoms with E-state index in [1.807, 2.05) is 53.7 Å². The Kier molecular flexibility index (Phi) is 46.4. The molecule has 44 heteroatoms. The molecule has 133 heavy (non-hydrogen) atoms. The lowest BCUT2D eigenvalue weighted by Crippen LogP contribution is -2.65. The van der Waals surface area contributed by atoms with Crippen molar-refractivity contribution in [3.63, 3.8) is 0 Å². The highest BCUT2D eigenvalue weighted by molar-refractivity contribution is 7.54. The lowest BCUT2D eigenvalue weighted by molar-refractivity contribution is -0.199. The number of likely N-dealkylation sites (tertiary alicyclic amines) is 1. The van der Waals surface area contributed by atoms with E-state index in [2.05, 4.69) is 108 Å². The number of amides is 1. The van der Waals surface area contributed by atoms with Crippen molar-refractivity contribution in [1.82, 2.24) is 106 Å². The molecule has 39 nitrogen and oxygen atoms in total. The number of para-hydroxylation sites is 1. The van der Waals surface area contributed by atoms with Gasteiger partial charge in [0.05, 0.1) is 51.6 Å². The largest absolute Gasteiger partial charge is 0.496 e. The van der Waals surface area contributed by atoms with Crippen LogP contribution in [0.4, 0.5) is 4.79 Å². The number of aromatic amines is 1. The third-order valence-corrected chi connectivity index (χ3v) is 25.4. The number of Topliss-reactive ketones (excluding diaryl/α,β-unsaturated/α-hetero) is 1. The average molecular weight is 1920 g/mol. The fourth-order valence-corrected chi connectivity index (χ4v) is 18.6. The molecular weight excluding hydrogens is 1780 g/mol. The van der Waals surface area contributed by atoms with Crippen molar-refractivity contribution in [1.29, 1.82) is 0 Å². The summed E-state index contributed by atoms with van der Waals surface area (Å²) in [6, 6.07) is 5.44. The van der Waals surface area contributed by atoms with Gasteiger partial charge in [0, 0.05) is 64.8 Å². The predicted octanol–water partition coefficient (Wildman–Crippen LogP) is 13.1. The van der Waals surface area contributed by atoms with E-state index >= 15 is 0 Å². The molecule has 740 valence electrons. The number of aromatic nitrogens is 20. The van der Waals surface area contributed by atoms with E-state index in [0.717, 1.165) is 64.1 Å². The van der Waals surface area contributed by atoms with Crippen LogP contribution in [-0.2, 0) is 126 Å². The third kappa shape index (κ3) is 38.2. The summed E-state index contributed by atoms with van der Waals surface area (Å²) in [5.41, 5.74) is -0.393. The molecular formula is C89H144B2Cl3N21O18. The number of carboxylic acids is 1. The van der Waals surface area contributed by atoms with Crippen LogP contribution in [0, 0.1) is 46.8 Å². The van der Waals surface area contributed by atoms with E-state index in [-0.39, 0.29) is 91.6 Å². The Morgan fingerprint density at radius 3 is 1.50 bits per heavy atom. The molecule has 1 aromatic carbocycles. The molecule has 6 aromatic rings. The summed E-state index contributed by atoms with van der Waals surface area (Å²) in [7, 11) is 0.923. The van der Waals surface area contributed by atoms with Gasteiger partial charge < -0.3 is 57.6 Å². The van der Waals surface area contributed by atoms with Crippen LogP contribution in [0.5, 0.6) is 5.75 Å². The van der Waals surface area contributed by atoms with Gasteiger partial charge in [-0.2, -0.15) is 44.4 Å². The number of aliphatic carboxylic acids is 1. The highest BCUT2D eigenvalue weighted by Crippen LogP contribution is 2.66. The second-order valence-corrected chi connectivity index (χ2v) is 40.3. The summed E-state index contributed by atoms with van der Waals surface area (Å²) < 4.78 is 55.2. The SMILES string of the molecule is C1CCOC1.CCOC(=O)Cc1nn[nH]n1.CCOC(=O)Cc1nnn(CC2CCCCC2)n1.CCOC(=O)Cc1nnnn1CC1CCCCC1.COc1c(C[C@H](CC(=O)Cc2nnnn2CC2CCN(C(=O)OC(C)(C)C)CC2)B2O[C@@H]3C[C@@H]4C[C@@H](C4(C)C)[C@]3(C)O2)cccc1C(=O)OC(C)(C)C.ClB(Cl)Cl.O=C(O)Cc1nnnn1CC1CCCCC1.OCC1CCCCC1. The molecule has 2 bridgehead atoms. The van der Waals surface area contributed by atoms with Gasteiger partial charge in [-0.1, -0.05) is 108 Å². The smallest absolute Gasteiger partial charge is 0.461 e. The molecule has 3 N–H and O–H groups in total. The second kappa shape index (κ2) is 56.3. The first-order chi connectivity index (χ1) is 63.6. The number of carboxylic acid groups (broad SMARTS) is 1. The Bertz CT molecular complexity index is 4410. The second-order valence-electron chi connectivity index (χ2n) is 38.3. The van der Waals surface area contributed by atoms with Crippen LogP contribution in [0.2, 0.25) is 5.82 Å². The number of tetrazole rings is 5. The third-order valence-electron chi connectivity index (χ3n) is 25.4. The number of halogens is 3. The van der Waals surface area contributed by atoms with Gasteiger partial charge in [0.25, 0.3) is 0 Å². The standard InChI is InChI=1S/C39H58BN5O8.2C12H20N4O2.C10H16N4O2.C7H14O.C5H8N4O2.C4H8O.BCl3/c1-36(2,3)50-34(47)29-13-11-12-25(33(29)49-10)18-27(40-52-31-20-26-19-30(38(26,7)8)39(31,9)53-40)21-28(46)22-32-41-42-43-45(32)23-24-14-16-44(17-15-24)35(48)51-37(4,5)6;1-2-18-12(17)8-11-13-14-15-16(11)9-10-6-4-3-5-7-10;1-2-18-12(17)8-11-13-15-16(14-11)9-10-6-4-3-5-7-10;15-10(16)6-9-11-12-13-14(9)7-8-4-2-1-3-5-8;8-6-7-4-2-1-3-5-7;1-2-11-5(10)3-4-6-8-9-7-4;1-2-4-5-3-1;2-1(3)4/h11-13,24,26-27,30-31H,14-23H2,1-10H3;2*10H,2-9H2,1H3;8H,1-7H2,(H,15,16);7-8H,1-6H2;2-3H2,1H3,(H,6,7,8,9);1-4H2;/t26-,27+,30-,31+,39-;;;;;;;/m0......./s1. The number of nitrogens with zero attached hydrogens (tertiary/aromatic N) is 20. The number of aliphatic hydroxyl groups excluding tert-OH is 1. The lowest BCUT2D eigenvalue weighted by Gasteiger charge is -2.64. The maximum atomic E-state index is 14.0. The number of esters is 4. The van der Waals surface area contributed by atoms with E-state index in [9.17, 15) is 33.6 Å². The quantitative estimate of drug-likeness (QED) is 0.0223. The maximum absolute atomic E-state index is 14.0. The first-order valence-corrected chi connectivity index (χ1v) is 49.2. The van der Waals surface area contributed by atoms with Gasteiger partial charge in [0.15, 0.2) is 29.1 Å². The van der Waals surface area contributed by atoms with Crippen molar-refractivity contribution in [2.24, 2.45) is 46.8 Å². The number of nitrogens with one attached hydrogen (secondary N) is 1. The molecule has 10 fully saturated rings. The van der Waals surface area contributed by atoms with Crippen LogP contribution in [-0.4, -0.2) is 253 Å². The highest BCUT2D eigenvalue weighted by atomic mass is 35.6. The monoisotopic (exact) mass is 1920 g/mol. The van der Waals surface area contributed by atoms with Crippen molar-refractivity contribution >= 4 is 88.2 Å². The number of carbonyl (C=O) groups excluding carboxylic acids is 6. The Labute approximate surface area is 797 Å². The number of carbonyl (C=O) groups is 7. The first kappa shape index (κ1) is 110. The molecule has 7 saturated carbocycles. The Balaban J connectivity index is 0.000000220. The summed E-state index contributed by atoms with van der Waals surface area (Å²) in [6.45, 7) is 30.9. The van der Waals surface area contributed by atoms with Crippen LogP contribution in [0.25, 0.3) is 0 Å². The normalized spacial score (nSPS) is 20.3. The summed E-state index contributed by atoms with van der Waals surface area (Å²) in [4.78, 5) is 86.5. The molecule has 0 spiro atoms. The topological polar surface area (TPSA) is 475 Å². The first-order valence-electron chi connectivity index (χ1n) is 47.8. The van der Waals surface area contributed by atoms with Gasteiger partial charge in [-0.15, -0.1) is 35.7 Å². The molecule has 16 rings (SSSR count). The number of hydrogen-bond acceptors (Lipinski definition) is 32. The lowest BCUT2D eigenvalue weighted by atomic mass is 9.43. The van der Waals surface area contributed by atoms with Gasteiger partial charge in [-0.25, -0.2) is 23.6 Å². The fourth-order valence-electron chi connectivity index (χ4n) is 18.6. The van der Waals surface area contributed by atoms with Gasteiger partial charge in [-0.05, 0) is 261 Å². The number of hydrogen-bond donors (Lipinski definition) is 3. The van der Waals surface area contributed by atoms with Gasteiger partial charge in [-0.3, -0.25) is 24.0 Å². The van der Waals surface area contributed by atoms with E-state index in [1.165, 1.54) is 141 Å². The minimum Gasteiger partial charge on any atom is -0.496 e. The molecule has 10 aliphatic rings. The zero-order valence-electron chi connectivity index (χ0n) is 80.4. The molecule has 5 atom stereocenters. The van der Waals surface area contributed by atoms with Crippen molar-refractivity contribution in [3.8, 4) is 5.75 Å². The number of ether oxygens (including phenoxy) is 7. The molecule has 3 saturated heterocycles. The fraction of sp³-hybridized carbons (Fsp3) is 0.798. The van der Waals surface area contributed by atoms with Crippen LogP contribution in [0.3, 0.4) is 0 Å². The number of piperidine rings is 1. The summed E-state index contributed by atoms with van der Waals surface area (Å²) in [6.07, 6.45) is 32.3. The van der Waals surface area contributed by atoms with Crippen LogP contribution < -0.4 is 4.74 Å². The van der Waals surface area contributed by atoms with Crippen molar-refractivity contribution < 1.29 is 86.2 Å². The van der Waals surface area contributed by atoms with Crippen molar-refractivity contribution in [3.05, 3.63) is 58.4 Å². The van der Waals surface area contributed by atoms with Crippen LogP contribution in [0.15, 0.2) is 18.2 Å². The van der Waals surface area contributed by atoms with Gasteiger partial charge >= 0.3 is 48.0 Å². The molecule has 0 unspecified atom stereocenters. The number of aliphatic hydroxyl groups is 1. The van der Waals surface area contributed by atoms with Crippen LogP contribution in [0.1, 0.15) is 301 Å². The summed E-state index contributed by atoms with van der Waals surface area (Å²) in [5, 5.41) is 77.3. The van der Waals surface area contributed by atoms with E-state index < -0.39 is 40.8 Å². The van der Waals surface area contributed by atoms with Crippen molar-refractivity contribution in [2.75, 3.05) is 59.8 Å². The van der Waals surface area contributed by atoms with Gasteiger partial charge in [0.1, 0.15) is 54.0 Å². The summed E-state index contributed by atoms with van der Waals surface area (Å²) in [5.74, 6) is 3.87. The Hall–Kier alpha value is -8.50. The summed E-state index contributed by atoms with van der Waals surface area (Å²) >= 11 is 14.4. The molecule has 5 aromatic heterocycles. The molecule has 7 aliphatic carbocycles. The Morgan fingerprint density at radius 1 is 0.579 bits per heavy atom. The number of methoxy groups -OCH3 is 1. The Morgan fingerprint density at radius 2 is 1.05 bits per heavy atom. The average Bonchev–Trinajstić information content (AvgIpc) is 1.56. The van der Waals surface area contributed by atoms with E-state index in [4.69, 9.17) is 82.3 Å². The zero-order valence-corrected chi connectivity index (χ0v) is 82.7. The minimum atomic E-state index is -0.889.